The highest BCUT2D eigenvalue weighted by atomic mass is 16.6. The van der Waals surface area contributed by atoms with Crippen molar-refractivity contribution < 1.29 is 24.2 Å². The number of hydrogen-bond donors (Lipinski definition) is 1. The maximum absolute atomic E-state index is 12.4. The van der Waals surface area contributed by atoms with Crippen LogP contribution in [0.25, 0.3) is 11.3 Å². The number of para-hydroxylation sites is 1. The van der Waals surface area contributed by atoms with E-state index in [1.54, 1.807) is 33.8 Å². The maximum atomic E-state index is 12.4. The number of carbonyl (C=O) groups is 2. The molecule has 33 heavy (non-hydrogen) atoms. The fourth-order valence-electron chi connectivity index (χ4n) is 3.70. The van der Waals surface area contributed by atoms with Gasteiger partial charge in [0.25, 0.3) is 0 Å². The Morgan fingerprint density at radius 3 is 2.33 bits per heavy atom. The second kappa shape index (κ2) is 8.97. The Morgan fingerprint density at radius 2 is 1.70 bits per heavy atom. The number of aromatic carboxylic acids is 1. The second-order valence-electron chi connectivity index (χ2n) is 8.98. The minimum atomic E-state index is -1.05. The van der Waals surface area contributed by atoms with Crippen molar-refractivity contribution in [1.29, 1.82) is 0 Å². The quantitative estimate of drug-likeness (QED) is 0.574. The van der Waals surface area contributed by atoms with E-state index in [9.17, 15) is 14.7 Å². The van der Waals surface area contributed by atoms with Crippen LogP contribution in [-0.2, 0) is 4.74 Å². The van der Waals surface area contributed by atoms with Gasteiger partial charge in [-0.25, -0.2) is 9.59 Å². The number of rotatable bonds is 5. The first-order valence-electron chi connectivity index (χ1n) is 10.8. The summed E-state index contributed by atoms with van der Waals surface area (Å²) < 4.78 is 12.9. The van der Waals surface area contributed by atoms with Gasteiger partial charge in [0.05, 0.1) is 6.04 Å². The lowest BCUT2D eigenvalue weighted by atomic mass is 10.1. The van der Waals surface area contributed by atoms with Gasteiger partial charge in [-0.05, 0) is 63.6 Å². The van der Waals surface area contributed by atoms with Gasteiger partial charge in [-0.2, -0.15) is 5.10 Å². The van der Waals surface area contributed by atoms with Crippen LogP contribution in [0.2, 0.25) is 0 Å². The molecule has 8 nitrogen and oxygen atoms in total. The van der Waals surface area contributed by atoms with E-state index in [0.717, 1.165) is 5.75 Å². The normalized spacial score (nSPS) is 16.0. The molecule has 0 saturated carbocycles. The van der Waals surface area contributed by atoms with E-state index in [4.69, 9.17) is 9.47 Å². The lowest BCUT2D eigenvalue weighted by Crippen LogP contribution is -2.35. The summed E-state index contributed by atoms with van der Waals surface area (Å²) in [4.78, 5) is 25.9. The Hall–Kier alpha value is -3.81. The van der Waals surface area contributed by atoms with Crippen LogP contribution < -0.4 is 4.74 Å². The van der Waals surface area contributed by atoms with Crippen molar-refractivity contribution in [2.45, 2.75) is 38.8 Å². The van der Waals surface area contributed by atoms with E-state index in [1.165, 1.54) is 6.20 Å². The summed E-state index contributed by atoms with van der Waals surface area (Å²) in [5, 5.41) is 14.3. The number of carboxylic acid groups (broad SMARTS) is 1. The molecule has 2 heterocycles. The molecule has 1 aliphatic rings. The molecule has 1 saturated heterocycles. The molecule has 0 bridgehead atoms. The number of amides is 1. The molecule has 172 valence electrons. The predicted molar refractivity (Wildman–Crippen MR) is 123 cm³/mol. The molecule has 0 spiro atoms. The molecular weight excluding hydrogens is 422 g/mol. The van der Waals surface area contributed by atoms with Gasteiger partial charge in [0.15, 0.2) is 0 Å². The highest BCUT2D eigenvalue weighted by Crippen LogP contribution is 2.30. The van der Waals surface area contributed by atoms with Crippen LogP contribution in [0.3, 0.4) is 0 Å². The zero-order valence-corrected chi connectivity index (χ0v) is 18.9. The zero-order chi connectivity index (χ0) is 23.6. The van der Waals surface area contributed by atoms with Crippen molar-refractivity contribution in [2.75, 3.05) is 13.1 Å². The molecule has 1 atom stereocenters. The summed E-state index contributed by atoms with van der Waals surface area (Å²) >= 11 is 0. The summed E-state index contributed by atoms with van der Waals surface area (Å²) in [6.07, 6.45) is 1.84. The largest absolute Gasteiger partial charge is 0.478 e. The summed E-state index contributed by atoms with van der Waals surface area (Å²) in [6, 6.07) is 16.4. The molecule has 8 heteroatoms. The SMILES string of the molecule is CC(C)(C)OC(=O)N1CCC(n2cc(C(=O)O)c(-c3ccc(Oc4ccccc4)cc3)n2)C1. The first-order valence-corrected chi connectivity index (χ1v) is 10.8. The summed E-state index contributed by atoms with van der Waals surface area (Å²) in [5.74, 6) is 0.310. The van der Waals surface area contributed by atoms with E-state index in [2.05, 4.69) is 5.10 Å². The smallest absolute Gasteiger partial charge is 0.410 e. The Balaban J connectivity index is 1.52. The third kappa shape index (κ3) is 5.34. The number of likely N-dealkylation sites (tertiary alicyclic amines) is 1. The molecular formula is C25H27N3O5. The molecule has 4 rings (SSSR count). The second-order valence-corrected chi connectivity index (χ2v) is 8.98. The maximum Gasteiger partial charge on any atom is 0.410 e. The van der Waals surface area contributed by atoms with Gasteiger partial charge in [-0.1, -0.05) is 18.2 Å². The number of hydrogen-bond acceptors (Lipinski definition) is 5. The minimum Gasteiger partial charge on any atom is -0.478 e. The number of ether oxygens (including phenoxy) is 2. The van der Waals surface area contributed by atoms with Gasteiger partial charge in [-0.3, -0.25) is 4.68 Å². The highest BCUT2D eigenvalue weighted by Gasteiger charge is 2.32. The minimum absolute atomic E-state index is 0.113. The van der Waals surface area contributed by atoms with Crippen LogP contribution in [0.15, 0.2) is 60.8 Å². The average Bonchev–Trinajstić information content (AvgIpc) is 3.42. The summed E-state index contributed by atoms with van der Waals surface area (Å²) in [5.41, 5.74) is 0.599. The van der Waals surface area contributed by atoms with Gasteiger partial charge in [0, 0.05) is 24.8 Å². The lowest BCUT2D eigenvalue weighted by molar-refractivity contribution is 0.0288. The van der Waals surface area contributed by atoms with Crippen molar-refractivity contribution in [2.24, 2.45) is 0 Å². The third-order valence-corrected chi connectivity index (χ3v) is 5.26. The van der Waals surface area contributed by atoms with Crippen LogP contribution in [-0.4, -0.2) is 50.5 Å². The molecule has 0 aliphatic carbocycles. The van der Waals surface area contributed by atoms with Crippen molar-refractivity contribution in [3.8, 4) is 22.8 Å². The number of aromatic nitrogens is 2. The third-order valence-electron chi connectivity index (χ3n) is 5.26. The lowest BCUT2D eigenvalue weighted by Gasteiger charge is -2.24. The van der Waals surface area contributed by atoms with Crippen LogP contribution in [0.5, 0.6) is 11.5 Å². The van der Waals surface area contributed by atoms with Gasteiger partial charge < -0.3 is 19.5 Å². The van der Waals surface area contributed by atoms with E-state index < -0.39 is 11.6 Å². The number of carbonyl (C=O) groups excluding carboxylic acids is 1. The molecule has 1 aliphatic heterocycles. The van der Waals surface area contributed by atoms with Crippen LogP contribution in [0.4, 0.5) is 4.79 Å². The molecule has 1 aromatic heterocycles. The van der Waals surface area contributed by atoms with Gasteiger partial charge >= 0.3 is 12.1 Å². The van der Waals surface area contributed by atoms with Crippen LogP contribution >= 0.6 is 0 Å². The topological polar surface area (TPSA) is 93.9 Å². The fourth-order valence-corrected chi connectivity index (χ4v) is 3.70. The number of nitrogens with zero attached hydrogens (tertiary/aromatic N) is 3. The van der Waals surface area contributed by atoms with Crippen molar-refractivity contribution in [3.05, 3.63) is 66.4 Å². The van der Waals surface area contributed by atoms with Gasteiger partial charge in [0.1, 0.15) is 28.4 Å². The number of benzene rings is 2. The first kappa shape index (κ1) is 22.4. The van der Waals surface area contributed by atoms with Gasteiger partial charge in [0.2, 0.25) is 0 Å². The van der Waals surface area contributed by atoms with Crippen molar-refractivity contribution >= 4 is 12.1 Å². The van der Waals surface area contributed by atoms with Crippen LogP contribution in [0.1, 0.15) is 43.6 Å². The molecule has 1 amide bonds. The molecule has 1 unspecified atom stereocenters. The van der Waals surface area contributed by atoms with Crippen molar-refractivity contribution in [3.63, 3.8) is 0 Å². The Labute approximate surface area is 192 Å². The van der Waals surface area contributed by atoms with E-state index in [1.807, 2.05) is 51.1 Å². The van der Waals surface area contributed by atoms with Gasteiger partial charge in [-0.15, -0.1) is 0 Å². The first-order chi connectivity index (χ1) is 15.7. The van der Waals surface area contributed by atoms with E-state index in [0.29, 0.717) is 36.5 Å². The molecule has 3 aromatic rings. The highest BCUT2D eigenvalue weighted by molar-refractivity contribution is 5.94. The van der Waals surface area contributed by atoms with E-state index >= 15 is 0 Å². The summed E-state index contributed by atoms with van der Waals surface area (Å²) in [6.45, 7) is 6.43. The Morgan fingerprint density at radius 1 is 1.03 bits per heavy atom. The molecule has 1 N–H and O–H groups in total. The van der Waals surface area contributed by atoms with E-state index in [-0.39, 0.29) is 17.7 Å². The average molecular weight is 450 g/mol. The zero-order valence-electron chi connectivity index (χ0n) is 18.9. The molecule has 0 radical (unpaired) electrons. The van der Waals surface area contributed by atoms with Crippen LogP contribution in [0, 0.1) is 0 Å². The Kier molecular flexibility index (Phi) is 6.09. The molecule has 2 aromatic carbocycles. The predicted octanol–water partition coefficient (Wildman–Crippen LogP) is 5.22. The summed E-state index contributed by atoms with van der Waals surface area (Å²) in [7, 11) is 0. The standard InChI is InChI=1S/C25H27N3O5/c1-25(2,3)33-24(31)27-14-13-18(15-27)28-16-21(23(29)30)22(26-28)17-9-11-20(12-10-17)32-19-7-5-4-6-8-19/h4-12,16,18H,13-15H2,1-3H3,(H,29,30). The monoisotopic (exact) mass is 449 g/mol. The Bertz CT molecular complexity index is 1130. The number of carboxylic acids is 1. The fraction of sp³-hybridized carbons (Fsp3) is 0.320. The van der Waals surface area contributed by atoms with Crippen molar-refractivity contribution in [1.82, 2.24) is 14.7 Å². The molecule has 1 fully saturated rings.